The first-order chi connectivity index (χ1) is 11.5. The molecular formula is C16H27N3O6. The van der Waals surface area contributed by atoms with Crippen LogP contribution in [-0.4, -0.2) is 89.1 Å². The van der Waals surface area contributed by atoms with Crippen molar-refractivity contribution < 1.29 is 29.0 Å². The topological polar surface area (TPSA) is 107 Å². The molecule has 142 valence electrons. The van der Waals surface area contributed by atoms with Crippen molar-refractivity contribution in [3.8, 4) is 0 Å². The molecule has 0 radical (unpaired) electrons. The lowest BCUT2D eigenvalue weighted by Gasteiger charge is -2.35. The van der Waals surface area contributed by atoms with Crippen LogP contribution in [-0.2, 0) is 19.1 Å². The van der Waals surface area contributed by atoms with Crippen molar-refractivity contribution in [2.75, 3.05) is 39.8 Å². The fourth-order valence-electron chi connectivity index (χ4n) is 2.32. The third-order valence-corrected chi connectivity index (χ3v) is 3.63. The molecule has 1 saturated heterocycles. The molecule has 0 atom stereocenters. The summed E-state index contributed by atoms with van der Waals surface area (Å²) in [7, 11) is 1.39. The maximum absolute atomic E-state index is 12.2. The van der Waals surface area contributed by atoms with E-state index in [1.807, 2.05) is 0 Å². The number of rotatable bonds is 5. The maximum atomic E-state index is 12.2. The van der Waals surface area contributed by atoms with E-state index in [0.29, 0.717) is 26.2 Å². The number of ether oxygens (including phenoxy) is 1. The normalized spacial score (nSPS) is 14.9. The molecule has 0 bridgehead atoms. The molecule has 1 fully saturated rings. The summed E-state index contributed by atoms with van der Waals surface area (Å²) in [6.07, 6.45) is -0.408. The second-order valence-electron chi connectivity index (χ2n) is 6.99. The summed E-state index contributed by atoms with van der Waals surface area (Å²) in [6.45, 7) is 6.53. The molecule has 0 spiro atoms. The highest BCUT2D eigenvalue weighted by Crippen LogP contribution is 2.12. The summed E-state index contributed by atoms with van der Waals surface area (Å²) in [6, 6.07) is 0. The minimum absolute atomic E-state index is 0.0230. The van der Waals surface area contributed by atoms with Gasteiger partial charge in [-0.25, -0.2) is 4.79 Å². The van der Waals surface area contributed by atoms with Crippen molar-refractivity contribution >= 4 is 23.9 Å². The Morgan fingerprint density at radius 2 is 1.52 bits per heavy atom. The molecule has 0 aliphatic carbocycles. The molecule has 0 saturated carbocycles. The van der Waals surface area contributed by atoms with Crippen molar-refractivity contribution in [3.63, 3.8) is 0 Å². The number of amides is 3. The van der Waals surface area contributed by atoms with Gasteiger partial charge in [-0.1, -0.05) is 0 Å². The fourth-order valence-corrected chi connectivity index (χ4v) is 2.32. The van der Waals surface area contributed by atoms with Gasteiger partial charge in [0, 0.05) is 46.1 Å². The average molecular weight is 357 g/mol. The number of carbonyl (C=O) groups excluding carboxylic acids is 3. The zero-order chi connectivity index (χ0) is 19.2. The molecule has 0 aromatic carbocycles. The van der Waals surface area contributed by atoms with Gasteiger partial charge in [0.2, 0.25) is 11.8 Å². The van der Waals surface area contributed by atoms with Gasteiger partial charge in [0.1, 0.15) is 12.1 Å². The highest BCUT2D eigenvalue weighted by Gasteiger charge is 2.27. The zero-order valence-corrected chi connectivity index (χ0v) is 15.3. The van der Waals surface area contributed by atoms with E-state index in [-0.39, 0.29) is 31.2 Å². The predicted octanol–water partition coefficient (Wildman–Crippen LogP) is 0.389. The third kappa shape index (κ3) is 7.40. The SMILES string of the molecule is CN(CC(=O)O)C(=O)CCC(=O)N1CCN(C(=O)OC(C)(C)C)CC1. The number of piperazine rings is 1. The van der Waals surface area contributed by atoms with Crippen LogP contribution in [0.3, 0.4) is 0 Å². The van der Waals surface area contributed by atoms with Crippen molar-refractivity contribution in [3.05, 3.63) is 0 Å². The van der Waals surface area contributed by atoms with E-state index < -0.39 is 17.7 Å². The molecule has 9 nitrogen and oxygen atoms in total. The number of carboxylic acids is 1. The van der Waals surface area contributed by atoms with Crippen LogP contribution in [0.5, 0.6) is 0 Å². The first-order valence-corrected chi connectivity index (χ1v) is 8.21. The third-order valence-electron chi connectivity index (χ3n) is 3.63. The van der Waals surface area contributed by atoms with E-state index in [2.05, 4.69) is 0 Å². The Kier molecular flexibility index (Phi) is 7.20. The number of likely N-dealkylation sites (N-methyl/N-ethyl adjacent to an activating group) is 1. The van der Waals surface area contributed by atoms with Gasteiger partial charge in [-0.2, -0.15) is 0 Å². The van der Waals surface area contributed by atoms with E-state index in [1.165, 1.54) is 7.05 Å². The quantitative estimate of drug-likeness (QED) is 0.763. The summed E-state index contributed by atoms with van der Waals surface area (Å²) in [5.74, 6) is -1.66. The molecule has 1 rings (SSSR count). The van der Waals surface area contributed by atoms with E-state index in [0.717, 1.165) is 4.90 Å². The van der Waals surface area contributed by atoms with E-state index in [1.54, 1.807) is 30.6 Å². The highest BCUT2D eigenvalue weighted by atomic mass is 16.6. The Morgan fingerprint density at radius 3 is 2.00 bits per heavy atom. The second kappa shape index (κ2) is 8.68. The molecule has 3 amide bonds. The van der Waals surface area contributed by atoms with Crippen LogP contribution in [0.25, 0.3) is 0 Å². The minimum Gasteiger partial charge on any atom is -0.480 e. The van der Waals surface area contributed by atoms with E-state index >= 15 is 0 Å². The standard InChI is InChI=1S/C16H27N3O6/c1-16(2,3)25-15(24)19-9-7-18(8-10-19)13(21)6-5-12(20)17(4)11-14(22)23/h5-11H2,1-4H3,(H,22,23). The summed E-state index contributed by atoms with van der Waals surface area (Å²) in [5, 5.41) is 8.64. The van der Waals surface area contributed by atoms with Crippen LogP contribution in [0.2, 0.25) is 0 Å². The number of hydrogen-bond donors (Lipinski definition) is 1. The summed E-state index contributed by atoms with van der Waals surface area (Å²) < 4.78 is 5.30. The number of aliphatic carboxylic acids is 1. The smallest absolute Gasteiger partial charge is 0.410 e. The van der Waals surface area contributed by atoms with Crippen LogP contribution < -0.4 is 0 Å². The molecule has 9 heteroatoms. The van der Waals surface area contributed by atoms with Crippen molar-refractivity contribution in [1.82, 2.24) is 14.7 Å². The van der Waals surface area contributed by atoms with Gasteiger partial charge in [0.05, 0.1) is 0 Å². The lowest BCUT2D eigenvalue weighted by Crippen LogP contribution is -2.51. The molecule has 0 aromatic rings. The summed E-state index contributed by atoms with van der Waals surface area (Å²) in [4.78, 5) is 50.7. The Balaban J connectivity index is 2.37. The van der Waals surface area contributed by atoms with E-state index in [4.69, 9.17) is 9.84 Å². The Morgan fingerprint density at radius 1 is 1.00 bits per heavy atom. The first-order valence-electron chi connectivity index (χ1n) is 8.21. The molecule has 1 aliphatic heterocycles. The van der Waals surface area contributed by atoms with Crippen molar-refractivity contribution in [1.29, 1.82) is 0 Å². The zero-order valence-electron chi connectivity index (χ0n) is 15.3. The number of nitrogens with zero attached hydrogens (tertiary/aromatic N) is 3. The van der Waals surface area contributed by atoms with E-state index in [9.17, 15) is 19.2 Å². The van der Waals surface area contributed by atoms with Gasteiger partial charge in [0.15, 0.2) is 0 Å². The van der Waals surface area contributed by atoms with Gasteiger partial charge >= 0.3 is 12.1 Å². The molecule has 0 aromatic heterocycles. The molecule has 1 heterocycles. The van der Waals surface area contributed by atoms with Crippen molar-refractivity contribution in [2.24, 2.45) is 0 Å². The summed E-state index contributed by atoms with van der Waals surface area (Å²) >= 11 is 0. The first kappa shape index (κ1) is 20.7. The van der Waals surface area contributed by atoms with Gasteiger partial charge in [-0.3, -0.25) is 14.4 Å². The summed E-state index contributed by atoms with van der Waals surface area (Å²) in [5.41, 5.74) is -0.563. The molecule has 0 unspecified atom stereocenters. The largest absolute Gasteiger partial charge is 0.480 e. The van der Waals surface area contributed by atoms with Crippen LogP contribution in [0.1, 0.15) is 33.6 Å². The Bertz CT molecular complexity index is 520. The van der Waals surface area contributed by atoms with Crippen molar-refractivity contribution in [2.45, 2.75) is 39.2 Å². The lowest BCUT2D eigenvalue weighted by atomic mass is 10.2. The predicted molar refractivity (Wildman–Crippen MR) is 88.9 cm³/mol. The molecular weight excluding hydrogens is 330 g/mol. The monoisotopic (exact) mass is 357 g/mol. The van der Waals surface area contributed by atoms with Crippen LogP contribution in [0, 0.1) is 0 Å². The number of hydrogen-bond acceptors (Lipinski definition) is 5. The Labute approximate surface area is 147 Å². The van der Waals surface area contributed by atoms with Gasteiger partial charge in [-0.15, -0.1) is 0 Å². The fraction of sp³-hybridized carbons (Fsp3) is 0.750. The highest BCUT2D eigenvalue weighted by molar-refractivity contribution is 5.85. The minimum atomic E-state index is -1.10. The maximum Gasteiger partial charge on any atom is 0.410 e. The lowest BCUT2D eigenvalue weighted by molar-refractivity contribution is -0.144. The second-order valence-corrected chi connectivity index (χ2v) is 6.99. The Hall–Kier alpha value is -2.32. The van der Waals surface area contributed by atoms with Crippen LogP contribution >= 0.6 is 0 Å². The molecule has 1 aliphatic rings. The van der Waals surface area contributed by atoms with Crippen LogP contribution in [0.4, 0.5) is 4.79 Å². The number of carboxylic acid groups (broad SMARTS) is 1. The number of carbonyl (C=O) groups is 4. The van der Waals surface area contributed by atoms with Crippen LogP contribution in [0.15, 0.2) is 0 Å². The van der Waals surface area contributed by atoms with Gasteiger partial charge < -0.3 is 24.5 Å². The molecule has 1 N–H and O–H groups in total. The van der Waals surface area contributed by atoms with Gasteiger partial charge in [-0.05, 0) is 20.8 Å². The van der Waals surface area contributed by atoms with Gasteiger partial charge in [0.25, 0.3) is 0 Å². The molecule has 25 heavy (non-hydrogen) atoms. The average Bonchev–Trinajstić information content (AvgIpc) is 2.50.